The minimum absolute atomic E-state index is 0.187. The second-order valence-corrected chi connectivity index (χ2v) is 6.58. The molecule has 0 aliphatic rings. The highest BCUT2D eigenvalue weighted by Crippen LogP contribution is 2.35. The number of carbonyl (C=O) groups is 2. The number of alkyl halides is 3. The number of para-hydroxylation sites is 1. The van der Waals surface area contributed by atoms with E-state index in [1.165, 1.54) is 26.4 Å². The molecule has 0 spiro atoms. The molecule has 156 valence electrons. The Balaban J connectivity index is 1.98. The number of anilines is 1. The molecule has 0 saturated carbocycles. The first-order chi connectivity index (χ1) is 13.7. The van der Waals surface area contributed by atoms with E-state index in [0.29, 0.717) is 21.5 Å². The number of nitrogens with one attached hydrogen (secondary N) is 1. The molecule has 0 saturated heterocycles. The molecule has 6 nitrogen and oxygen atoms in total. The first kappa shape index (κ1) is 22.5. The Morgan fingerprint density at radius 2 is 1.69 bits per heavy atom. The van der Waals surface area contributed by atoms with Crippen LogP contribution >= 0.6 is 15.9 Å². The molecule has 0 atom stereocenters. The number of hydrogen-bond acceptors (Lipinski definition) is 5. The lowest BCUT2D eigenvalue weighted by Crippen LogP contribution is -2.23. The van der Waals surface area contributed by atoms with Gasteiger partial charge in [0.25, 0.3) is 5.91 Å². The van der Waals surface area contributed by atoms with Crippen LogP contribution in [0.4, 0.5) is 18.9 Å². The minimum atomic E-state index is -4.62. The van der Waals surface area contributed by atoms with Crippen LogP contribution in [0.3, 0.4) is 0 Å². The molecule has 1 amide bonds. The summed E-state index contributed by atoms with van der Waals surface area (Å²) in [7, 11) is 2.91. The summed E-state index contributed by atoms with van der Waals surface area (Å²) < 4.78 is 54.6. The van der Waals surface area contributed by atoms with E-state index in [9.17, 15) is 22.8 Å². The summed E-state index contributed by atoms with van der Waals surface area (Å²) in [6, 6.07) is 7.70. The number of hydrogen-bond donors (Lipinski definition) is 1. The van der Waals surface area contributed by atoms with E-state index in [2.05, 4.69) is 21.2 Å². The van der Waals surface area contributed by atoms with Gasteiger partial charge < -0.3 is 19.5 Å². The van der Waals surface area contributed by atoms with Crippen LogP contribution in [0, 0.1) is 0 Å². The summed E-state index contributed by atoms with van der Waals surface area (Å²) in [5.41, 5.74) is -0.881. The fourth-order valence-corrected chi connectivity index (χ4v) is 2.87. The number of methoxy groups -OCH3 is 2. The number of amides is 1. The maximum atomic E-state index is 12.9. The Morgan fingerprint density at radius 1 is 1.07 bits per heavy atom. The molecule has 0 bridgehead atoms. The third kappa shape index (κ3) is 6.11. The molecular weight excluding hydrogens is 459 g/mol. The molecule has 1 N–H and O–H groups in total. The normalized spacial score (nSPS) is 11.0. The van der Waals surface area contributed by atoms with Gasteiger partial charge in [-0.3, -0.25) is 9.59 Å². The highest BCUT2D eigenvalue weighted by Gasteiger charge is 2.33. The molecule has 10 heteroatoms. The summed E-state index contributed by atoms with van der Waals surface area (Å²) in [6.45, 7) is -0.726. The number of rotatable bonds is 7. The van der Waals surface area contributed by atoms with Crippen molar-refractivity contribution in [1.29, 1.82) is 0 Å². The van der Waals surface area contributed by atoms with E-state index in [0.717, 1.165) is 12.1 Å². The van der Waals surface area contributed by atoms with Gasteiger partial charge in [-0.15, -0.1) is 0 Å². The second-order valence-electron chi connectivity index (χ2n) is 5.73. The molecule has 0 aromatic heterocycles. The number of ether oxygens (including phenoxy) is 3. The Labute approximate surface area is 173 Å². The average molecular weight is 476 g/mol. The molecule has 2 aromatic rings. The molecule has 0 heterocycles. The lowest BCUT2D eigenvalue weighted by atomic mass is 10.1. The van der Waals surface area contributed by atoms with Gasteiger partial charge >= 0.3 is 12.1 Å². The van der Waals surface area contributed by atoms with Crippen molar-refractivity contribution in [1.82, 2.24) is 0 Å². The van der Waals surface area contributed by atoms with Gasteiger partial charge in [0, 0.05) is 4.47 Å². The molecule has 0 aliphatic heterocycles. The monoisotopic (exact) mass is 475 g/mol. The van der Waals surface area contributed by atoms with Crippen molar-refractivity contribution in [2.75, 3.05) is 26.1 Å². The standard InChI is InChI=1S/C19H17BrF3NO5/c1-27-15-7-11(13(20)9-16(15)28-2)8-18(26)29-10-17(25)24-14-6-4-3-5-12(14)19(21,22)23/h3-7,9H,8,10H2,1-2H3,(H,24,25). The Bertz CT molecular complexity index is 902. The van der Waals surface area contributed by atoms with Crippen molar-refractivity contribution in [2.45, 2.75) is 12.6 Å². The SMILES string of the molecule is COc1cc(Br)c(CC(=O)OCC(=O)Nc2ccccc2C(F)(F)F)cc1OC. The second kappa shape index (κ2) is 9.64. The highest BCUT2D eigenvalue weighted by atomic mass is 79.9. The maximum Gasteiger partial charge on any atom is 0.418 e. The molecular formula is C19H17BrF3NO5. The largest absolute Gasteiger partial charge is 0.493 e. The van der Waals surface area contributed by atoms with Crippen molar-refractivity contribution < 1.29 is 37.0 Å². The summed E-state index contributed by atoms with van der Waals surface area (Å²) >= 11 is 3.30. The van der Waals surface area contributed by atoms with Gasteiger partial charge in [0.1, 0.15) is 0 Å². The van der Waals surface area contributed by atoms with Crippen molar-refractivity contribution in [3.05, 3.63) is 52.0 Å². The lowest BCUT2D eigenvalue weighted by Gasteiger charge is -2.14. The zero-order valence-corrected chi connectivity index (χ0v) is 17.0. The lowest BCUT2D eigenvalue weighted by molar-refractivity contribution is -0.146. The van der Waals surface area contributed by atoms with Gasteiger partial charge in [-0.2, -0.15) is 13.2 Å². The summed E-state index contributed by atoms with van der Waals surface area (Å²) in [6.07, 6.45) is -4.81. The molecule has 0 fully saturated rings. The van der Waals surface area contributed by atoms with Crippen LogP contribution in [0.15, 0.2) is 40.9 Å². The number of esters is 1. The Morgan fingerprint density at radius 3 is 2.31 bits per heavy atom. The van der Waals surface area contributed by atoms with Gasteiger partial charge in [0.05, 0.1) is 31.9 Å². The quantitative estimate of drug-likeness (QED) is 0.607. The van der Waals surface area contributed by atoms with Crippen LogP contribution in [0.1, 0.15) is 11.1 Å². The van der Waals surface area contributed by atoms with Crippen molar-refractivity contribution in [3.8, 4) is 11.5 Å². The minimum Gasteiger partial charge on any atom is -0.493 e. The fourth-order valence-electron chi connectivity index (χ4n) is 2.41. The highest BCUT2D eigenvalue weighted by molar-refractivity contribution is 9.10. The molecule has 0 radical (unpaired) electrons. The van der Waals surface area contributed by atoms with Crippen LogP contribution in [-0.2, 0) is 26.9 Å². The molecule has 29 heavy (non-hydrogen) atoms. The van der Waals surface area contributed by atoms with Crippen molar-refractivity contribution in [3.63, 3.8) is 0 Å². The maximum absolute atomic E-state index is 12.9. The van der Waals surface area contributed by atoms with Crippen molar-refractivity contribution in [2.24, 2.45) is 0 Å². The summed E-state index contributed by atoms with van der Waals surface area (Å²) in [4.78, 5) is 23.9. The smallest absolute Gasteiger partial charge is 0.418 e. The van der Waals surface area contributed by atoms with E-state index in [1.807, 2.05) is 0 Å². The third-order valence-corrected chi connectivity index (χ3v) is 4.50. The van der Waals surface area contributed by atoms with Gasteiger partial charge in [0.2, 0.25) is 0 Å². The first-order valence-electron chi connectivity index (χ1n) is 8.17. The zero-order valence-electron chi connectivity index (χ0n) is 15.4. The van der Waals surface area contributed by atoms with E-state index in [1.54, 1.807) is 12.1 Å². The van der Waals surface area contributed by atoms with Gasteiger partial charge in [-0.1, -0.05) is 28.1 Å². The summed E-state index contributed by atoms with van der Waals surface area (Å²) in [5.74, 6) is -0.766. The summed E-state index contributed by atoms with van der Waals surface area (Å²) in [5, 5.41) is 2.10. The average Bonchev–Trinajstić information content (AvgIpc) is 2.67. The van der Waals surface area contributed by atoms with Crippen LogP contribution in [-0.4, -0.2) is 32.7 Å². The molecule has 0 unspecified atom stereocenters. The van der Waals surface area contributed by atoms with E-state index >= 15 is 0 Å². The van der Waals surface area contributed by atoms with E-state index in [4.69, 9.17) is 14.2 Å². The number of halogens is 4. The van der Waals surface area contributed by atoms with Gasteiger partial charge in [0.15, 0.2) is 18.1 Å². The Kier molecular flexibility index (Phi) is 7.49. The first-order valence-corrected chi connectivity index (χ1v) is 8.97. The topological polar surface area (TPSA) is 73.9 Å². The zero-order chi connectivity index (χ0) is 21.6. The third-order valence-electron chi connectivity index (χ3n) is 3.76. The predicted molar refractivity (Wildman–Crippen MR) is 102 cm³/mol. The van der Waals surface area contributed by atoms with E-state index < -0.39 is 35.9 Å². The van der Waals surface area contributed by atoms with Crippen LogP contribution in [0.2, 0.25) is 0 Å². The van der Waals surface area contributed by atoms with Crippen LogP contribution in [0.5, 0.6) is 11.5 Å². The fraction of sp³-hybridized carbons (Fsp3) is 0.263. The predicted octanol–water partition coefficient (Wildman–Crippen LogP) is 4.21. The van der Waals surface area contributed by atoms with Gasteiger partial charge in [-0.05, 0) is 29.8 Å². The number of benzene rings is 2. The molecule has 2 rings (SSSR count). The van der Waals surface area contributed by atoms with Crippen molar-refractivity contribution >= 4 is 33.5 Å². The van der Waals surface area contributed by atoms with E-state index in [-0.39, 0.29) is 6.42 Å². The molecule has 2 aromatic carbocycles. The van der Waals surface area contributed by atoms with Gasteiger partial charge in [-0.25, -0.2) is 0 Å². The number of carbonyl (C=O) groups excluding carboxylic acids is 2. The van der Waals surface area contributed by atoms with Crippen LogP contribution < -0.4 is 14.8 Å². The molecule has 0 aliphatic carbocycles. The van der Waals surface area contributed by atoms with Crippen LogP contribution in [0.25, 0.3) is 0 Å². The Hall–Kier alpha value is -2.75.